The van der Waals surface area contributed by atoms with Gasteiger partial charge in [0, 0.05) is 13.1 Å². The van der Waals surface area contributed by atoms with Gasteiger partial charge < -0.3 is 14.7 Å². The molecule has 1 saturated heterocycles. The summed E-state index contributed by atoms with van der Waals surface area (Å²) in [5.74, 6) is 1.66. The first-order valence-corrected chi connectivity index (χ1v) is 8.02. The van der Waals surface area contributed by atoms with E-state index >= 15 is 0 Å². The number of benzene rings is 1. The number of rotatable bonds is 4. The normalized spacial score (nSPS) is 15.8. The van der Waals surface area contributed by atoms with Gasteiger partial charge in [-0.25, -0.2) is 0 Å². The molecular weight excluding hydrogens is 292 g/mol. The molecule has 6 nitrogen and oxygen atoms in total. The molecule has 0 radical (unpaired) electrons. The van der Waals surface area contributed by atoms with Crippen LogP contribution in [-0.4, -0.2) is 47.6 Å². The number of aromatic nitrogens is 2. The predicted molar refractivity (Wildman–Crippen MR) is 87.0 cm³/mol. The van der Waals surface area contributed by atoms with E-state index < -0.39 is 0 Å². The lowest BCUT2D eigenvalue weighted by Gasteiger charge is -2.32. The fourth-order valence-electron chi connectivity index (χ4n) is 3.06. The second-order valence-electron chi connectivity index (χ2n) is 5.99. The van der Waals surface area contributed by atoms with Gasteiger partial charge in [0.05, 0.1) is 11.1 Å². The average molecular weight is 314 g/mol. The topological polar surface area (TPSA) is 71.3 Å². The van der Waals surface area contributed by atoms with E-state index in [2.05, 4.69) is 15.5 Å². The standard InChI is InChI=1S/C17H22N4O2/c1-12-19-16(23-20-12)14-5-3-4-6-15(14)17(22)21-9-7-13(8-10-21)11-18-2/h3-6,13,18H,7-11H2,1-2H3. The van der Waals surface area contributed by atoms with Gasteiger partial charge in [0.15, 0.2) is 5.82 Å². The molecule has 0 spiro atoms. The van der Waals surface area contributed by atoms with Crippen molar-refractivity contribution in [2.75, 3.05) is 26.7 Å². The van der Waals surface area contributed by atoms with Crippen LogP contribution >= 0.6 is 0 Å². The maximum absolute atomic E-state index is 12.9. The Morgan fingerprint density at radius 2 is 2.09 bits per heavy atom. The quantitative estimate of drug-likeness (QED) is 0.936. The highest BCUT2D eigenvalue weighted by atomic mass is 16.5. The summed E-state index contributed by atoms with van der Waals surface area (Å²) in [7, 11) is 1.97. The minimum absolute atomic E-state index is 0.0411. The highest BCUT2D eigenvalue weighted by Gasteiger charge is 2.25. The Morgan fingerprint density at radius 1 is 1.35 bits per heavy atom. The van der Waals surface area contributed by atoms with Crippen LogP contribution in [0.2, 0.25) is 0 Å². The predicted octanol–water partition coefficient (Wildman–Crippen LogP) is 2.12. The SMILES string of the molecule is CNCC1CCN(C(=O)c2ccccc2-c2nc(C)no2)CC1. The minimum atomic E-state index is 0.0411. The van der Waals surface area contributed by atoms with Crippen molar-refractivity contribution in [2.45, 2.75) is 19.8 Å². The van der Waals surface area contributed by atoms with Crippen LogP contribution in [0.25, 0.3) is 11.5 Å². The third kappa shape index (κ3) is 3.42. The van der Waals surface area contributed by atoms with Crippen LogP contribution < -0.4 is 5.32 Å². The van der Waals surface area contributed by atoms with Crippen LogP contribution in [0.15, 0.2) is 28.8 Å². The molecule has 2 aromatic rings. The summed E-state index contributed by atoms with van der Waals surface area (Å²) >= 11 is 0. The van der Waals surface area contributed by atoms with Crippen LogP contribution in [0.1, 0.15) is 29.0 Å². The number of carbonyl (C=O) groups excluding carboxylic acids is 1. The molecule has 2 heterocycles. The number of carbonyl (C=O) groups is 1. The molecule has 1 fully saturated rings. The molecule has 6 heteroatoms. The largest absolute Gasteiger partial charge is 0.339 e. The van der Waals surface area contributed by atoms with Crippen molar-refractivity contribution in [3.05, 3.63) is 35.7 Å². The molecule has 0 unspecified atom stereocenters. The number of amides is 1. The molecule has 23 heavy (non-hydrogen) atoms. The monoisotopic (exact) mass is 314 g/mol. The molecule has 0 saturated carbocycles. The van der Waals surface area contributed by atoms with E-state index in [1.807, 2.05) is 36.2 Å². The Morgan fingerprint density at radius 3 is 2.74 bits per heavy atom. The summed E-state index contributed by atoms with van der Waals surface area (Å²) < 4.78 is 5.24. The maximum atomic E-state index is 12.9. The van der Waals surface area contributed by atoms with Crippen LogP contribution in [0.3, 0.4) is 0 Å². The molecule has 3 rings (SSSR count). The third-order valence-electron chi connectivity index (χ3n) is 4.31. The Kier molecular flexibility index (Phi) is 4.71. The van der Waals surface area contributed by atoms with E-state index in [1.54, 1.807) is 6.92 Å². The zero-order valence-electron chi connectivity index (χ0n) is 13.6. The zero-order valence-corrected chi connectivity index (χ0v) is 13.6. The average Bonchev–Trinajstić information content (AvgIpc) is 3.02. The van der Waals surface area contributed by atoms with E-state index in [0.29, 0.717) is 28.8 Å². The van der Waals surface area contributed by atoms with E-state index in [-0.39, 0.29) is 5.91 Å². The molecule has 1 N–H and O–H groups in total. The molecule has 0 aliphatic carbocycles. The van der Waals surface area contributed by atoms with Gasteiger partial charge >= 0.3 is 0 Å². The summed E-state index contributed by atoms with van der Waals surface area (Å²) in [6, 6.07) is 7.43. The van der Waals surface area contributed by atoms with Crippen molar-refractivity contribution in [3.8, 4) is 11.5 Å². The molecule has 1 aromatic heterocycles. The fraction of sp³-hybridized carbons (Fsp3) is 0.471. The smallest absolute Gasteiger partial charge is 0.258 e. The van der Waals surface area contributed by atoms with Crippen molar-refractivity contribution < 1.29 is 9.32 Å². The third-order valence-corrected chi connectivity index (χ3v) is 4.31. The summed E-state index contributed by atoms with van der Waals surface area (Å²) in [5, 5.41) is 7.03. The van der Waals surface area contributed by atoms with Crippen LogP contribution in [0, 0.1) is 12.8 Å². The van der Waals surface area contributed by atoms with Gasteiger partial charge in [-0.1, -0.05) is 17.3 Å². The summed E-state index contributed by atoms with van der Waals surface area (Å²) in [6.45, 7) is 4.37. The van der Waals surface area contributed by atoms with E-state index in [9.17, 15) is 4.79 Å². The van der Waals surface area contributed by atoms with Gasteiger partial charge in [-0.3, -0.25) is 4.79 Å². The summed E-state index contributed by atoms with van der Waals surface area (Å²) in [4.78, 5) is 19.1. The van der Waals surface area contributed by atoms with Crippen molar-refractivity contribution in [2.24, 2.45) is 5.92 Å². The summed E-state index contributed by atoms with van der Waals surface area (Å²) in [5.41, 5.74) is 1.33. The van der Waals surface area contributed by atoms with Gasteiger partial charge in [0.2, 0.25) is 0 Å². The highest BCUT2D eigenvalue weighted by Crippen LogP contribution is 2.25. The molecule has 1 amide bonds. The van der Waals surface area contributed by atoms with Gasteiger partial charge in [0.25, 0.3) is 11.8 Å². The maximum Gasteiger partial charge on any atom is 0.258 e. The molecule has 0 atom stereocenters. The van der Waals surface area contributed by atoms with Crippen molar-refractivity contribution in [1.82, 2.24) is 20.4 Å². The van der Waals surface area contributed by atoms with E-state index in [0.717, 1.165) is 32.5 Å². The first kappa shape index (κ1) is 15.7. The molecular formula is C17H22N4O2. The lowest BCUT2D eigenvalue weighted by Crippen LogP contribution is -2.40. The van der Waals surface area contributed by atoms with E-state index in [4.69, 9.17) is 4.52 Å². The second kappa shape index (κ2) is 6.91. The zero-order chi connectivity index (χ0) is 16.2. The molecule has 1 aliphatic heterocycles. The lowest BCUT2D eigenvalue weighted by molar-refractivity contribution is 0.0691. The number of nitrogens with zero attached hydrogens (tertiary/aromatic N) is 3. The Balaban J connectivity index is 1.78. The van der Waals surface area contributed by atoms with Crippen LogP contribution in [0.4, 0.5) is 0 Å². The van der Waals surface area contributed by atoms with Crippen LogP contribution in [0.5, 0.6) is 0 Å². The fourth-order valence-corrected chi connectivity index (χ4v) is 3.06. The van der Waals surface area contributed by atoms with Crippen molar-refractivity contribution in [3.63, 3.8) is 0 Å². The number of hydrogen-bond donors (Lipinski definition) is 1. The first-order chi connectivity index (χ1) is 11.2. The Labute approximate surface area is 135 Å². The number of likely N-dealkylation sites (tertiary alicyclic amines) is 1. The number of hydrogen-bond acceptors (Lipinski definition) is 5. The van der Waals surface area contributed by atoms with E-state index in [1.165, 1.54) is 0 Å². The number of piperidine rings is 1. The van der Waals surface area contributed by atoms with Gasteiger partial charge in [-0.2, -0.15) is 4.98 Å². The Bertz CT molecular complexity index is 675. The summed E-state index contributed by atoms with van der Waals surface area (Å²) in [6.07, 6.45) is 2.07. The van der Waals surface area contributed by atoms with Crippen LogP contribution in [-0.2, 0) is 0 Å². The molecule has 0 bridgehead atoms. The van der Waals surface area contributed by atoms with Gasteiger partial charge in [-0.05, 0) is 51.4 Å². The first-order valence-electron chi connectivity index (χ1n) is 8.02. The van der Waals surface area contributed by atoms with Crippen molar-refractivity contribution in [1.29, 1.82) is 0 Å². The lowest BCUT2D eigenvalue weighted by atomic mass is 9.96. The highest BCUT2D eigenvalue weighted by molar-refractivity contribution is 6.00. The second-order valence-corrected chi connectivity index (χ2v) is 5.99. The minimum Gasteiger partial charge on any atom is -0.339 e. The molecule has 1 aromatic carbocycles. The molecule has 122 valence electrons. The van der Waals surface area contributed by atoms with Crippen molar-refractivity contribution >= 4 is 5.91 Å². The number of nitrogens with one attached hydrogen (secondary N) is 1. The number of aryl methyl sites for hydroxylation is 1. The van der Waals surface area contributed by atoms with Gasteiger partial charge in [-0.15, -0.1) is 0 Å². The van der Waals surface area contributed by atoms with Gasteiger partial charge in [0.1, 0.15) is 0 Å². The molecule has 1 aliphatic rings. The Hall–Kier alpha value is -2.21.